The van der Waals surface area contributed by atoms with Crippen LogP contribution in [0.15, 0.2) is 18.2 Å². The van der Waals surface area contributed by atoms with Crippen molar-refractivity contribution in [2.24, 2.45) is 5.92 Å². The van der Waals surface area contributed by atoms with Gasteiger partial charge in [0.2, 0.25) is 11.8 Å². The van der Waals surface area contributed by atoms with E-state index >= 15 is 0 Å². The summed E-state index contributed by atoms with van der Waals surface area (Å²) in [5.74, 6) is -0.508. The summed E-state index contributed by atoms with van der Waals surface area (Å²) >= 11 is 5.56. The number of carbonyl (C=O) groups is 2. The fourth-order valence-electron chi connectivity index (χ4n) is 3.78. The molecule has 0 saturated heterocycles. The molecule has 26 heavy (non-hydrogen) atoms. The van der Waals surface area contributed by atoms with Crippen LogP contribution in [-0.4, -0.2) is 36.4 Å². The van der Waals surface area contributed by atoms with Crippen LogP contribution in [0.25, 0.3) is 0 Å². The molecule has 142 valence electrons. The molecule has 1 unspecified atom stereocenters. The lowest BCUT2D eigenvalue weighted by molar-refractivity contribution is -0.129. The van der Waals surface area contributed by atoms with Crippen LogP contribution in [0.3, 0.4) is 0 Å². The van der Waals surface area contributed by atoms with Crippen molar-refractivity contribution in [1.29, 1.82) is 0 Å². The molecule has 3 rings (SSSR count). The Morgan fingerprint density at radius 1 is 1.27 bits per heavy atom. The molecule has 0 radical (unpaired) electrons. The van der Waals surface area contributed by atoms with Gasteiger partial charge in [0.25, 0.3) is 0 Å². The largest absolute Gasteiger partial charge is 0.492 e. The van der Waals surface area contributed by atoms with Crippen LogP contribution >= 0.6 is 11.6 Å². The fraction of sp³-hybridized carbons (Fsp3) is 0.579. The lowest BCUT2D eigenvalue weighted by Gasteiger charge is -2.39. The average molecular weight is 383 g/mol. The van der Waals surface area contributed by atoms with Crippen LogP contribution in [0.4, 0.5) is 4.39 Å². The maximum atomic E-state index is 13.5. The van der Waals surface area contributed by atoms with Gasteiger partial charge in [-0.3, -0.25) is 9.59 Å². The molecule has 1 aromatic carbocycles. The molecule has 1 atom stereocenters. The van der Waals surface area contributed by atoms with E-state index in [2.05, 4.69) is 10.6 Å². The third kappa shape index (κ3) is 4.47. The molecule has 1 aliphatic heterocycles. The molecule has 2 aliphatic rings. The predicted octanol–water partition coefficient (Wildman–Crippen LogP) is 2.55. The van der Waals surface area contributed by atoms with E-state index in [4.69, 9.17) is 16.3 Å². The Kier molecular flexibility index (Phi) is 6.01. The van der Waals surface area contributed by atoms with E-state index in [1.54, 1.807) is 6.07 Å². The van der Waals surface area contributed by atoms with Crippen molar-refractivity contribution >= 4 is 23.4 Å². The van der Waals surface area contributed by atoms with Crippen molar-refractivity contribution in [3.05, 3.63) is 29.6 Å². The van der Waals surface area contributed by atoms with Gasteiger partial charge in [-0.25, -0.2) is 4.39 Å². The summed E-state index contributed by atoms with van der Waals surface area (Å²) in [6, 6.07) is 4.38. The molecule has 2 N–H and O–H groups in total. The van der Waals surface area contributed by atoms with E-state index in [0.717, 1.165) is 32.1 Å². The molecule has 1 aliphatic carbocycles. The van der Waals surface area contributed by atoms with E-state index in [1.165, 1.54) is 12.1 Å². The van der Waals surface area contributed by atoms with E-state index in [1.807, 2.05) is 0 Å². The maximum Gasteiger partial charge on any atom is 0.235 e. The van der Waals surface area contributed by atoms with Crippen molar-refractivity contribution < 1.29 is 18.7 Å². The van der Waals surface area contributed by atoms with Crippen LogP contribution in [0.5, 0.6) is 5.75 Å². The molecule has 0 bridgehead atoms. The second-order valence-electron chi connectivity index (χ2n) is 7.20. The Hall–Kier alpha value is -1.82. The van der Waals surface area contributed by atoms with Gasteiger partial charge in [0, 0.05) is 6.54 Å². The summed E-state index contributed by atoms with van der Waals surface area (Å²) in [6.07, 6.45) is 5.22. The van der Waals surface area contributed by atoms with Crippen molar-refractivity contribution in [1.82, 2.24) is 10.6 Å². The zero-order valence-corrected chi connectivity index (χ0v) is 15.4. The monoisotopic (exact) mass is 382 g/mol. The third-order valence-corrected chi connectivity index (χ3v) is 5.49. The summed E-state index contributed by atoms with van der Waals surface area (Å²) in [4.78, 5) is 24.4. The molecular formula is C19H24ClFN2O3. The number of hydrogen-bond donors (Lipinski definition) is 2. The summed E-state index contributed by atoms with van der Waals surface area (Å²) in [5.41, 5.74) is 0.267. The van der Waals surface area contributed by atoms with Crippen LogP contribution < -0.4 is 15.4 Å². The number of nitrogens with one attached hydrogen (secondary N) is 2. The van der Waals surface area contributed by atoms with Gasteiger partial charge in [0.1, 0.15) is 24.1 Å². The molecule has 0 spiro atoms. The number of ether oxygens (including phenoxy) is 1. The zero-order chi connectivity index (χ0) is 18.6. The second kappa shape index (κ2) is 8.25. The summed E-state index contributed by atoms with van der Waals surface area (Å²) in [5, 5.41) is 5.96. The zero-order valence-electron chi connectivity index (χ0n) is 14.7. The second-order valence-corrected chi connectivity index (χ2v) is 7.47. The summed E-state index contributed by atoms with van der Waals surface area (Å²) < 4.78 is 19.1. The molecular weight excluding hydrogens is 359 g/mol. The van der Waals surface area contributed by atoms with Gasteiger partial charge in [-0.05, 0) is 43.0 Å². The van der Waals surface area contributed by atoms with Crippen molar-refractivity contribution in [3.8, 4) is 5.75 Å². The van der Waals surface area contributed by atoms with Gasteiger partial charge in [-0.2, -0.15) is 0 Å². The number of halogens is 2. The molecule has 1 aromatic rings. The van der Waals surface area contributed by atoms with Gasteiger partial charge in [-0.1, -0.05) is 19.3 Å². The average Bonchev–Trinajstić information content (AvgIpc) is 2.66. The van der Waals surface area contributed by atoms with Gasteiger partial charge in [0.05, 0.1) is 11.5 Å². The highest BCUT2D eigenvalue weighted by Crippen LogP contribution is 2.31. The highest BCUT2D eigenvalue weighted by Gasteiger charge is 2.37. The van der Waals surface area contributed by atoms with E-state index < -0.39 is 5.54 Å². The highest BCUT2D eigenvalue weighted by molar-refractivity contribution is 6.27. The van der Waals surface area contributed by atoms with Gasteiger partial charge in [-0.15, -0.1) is 11.6 Å². The molecule has 1 heterocycles. The number of carbonyl (C=O) groups excluding carboxylic acids is 2. The minimum absolute atomic E-state index is 0.0944. The summed E-state index contributed by atoms with van der Waals surface area (Å²) in [6.45, 7) is 0.650. The number of amides is 2. The first-order valence-electron chi connectivity index (χ1n) is 9.07. The number of benzene rings is 1. The number of fused-ring (bicyclic) bond motifs is 1. The van der Waals surface area contributed by atoms with Gasteiger partial charge >= 0.3 is 0 Å². The molecule has 7 heteroatoms. The minimum atomic E-state index is -0.445. The third-order valence-electron chi connectivity index (χ3n) is 5.24. The fourth-order valence-corrected chi connectivity index (χ4v) is 3.88. The van der Waals surface area contributed by atoms with E-state index in [0.29, 0.717) is 24.3 Å². The maximum absolute atomic E-state index is 13.5. The van der Waals surface area contributed by atoms with Gasteiger partial charge in [0.15, 0.2) is 0 Å². The highest BCUT2D eigenvalue weighted by atomic mass is 35.5. The number of alkyl halides is 1. The normalized spacial score (nSPS) is 21.2. The van der Waals surface area contributed by atoms with Crippen molar-refractivity contribution in [3.63, 3.8) is 0 Å². The topological polar surface area (TPSA) is 67.4 Å². The molecule has 5 nitrogen and oxygen atoms in total. The van der Waals surface area contributed by atoms with Crippen molar-refractivity contribution in [2.75, 3.05) is 19.0 Å². The van der Waals surface area contributed by atoms with Crippen LogP contribution in [0.1, 0.15) is 37.7 Å². The number of rotatable bonds is 5. The van der Waals surface area contributed by atoms with Crippen molar-refractivity contribution in [2.45, 2.75) is 44.1 Å². The molecule has 1 saturated carbocycles. The predicted molar refractivity (Wildman–Crippen MR) is 96.8 cm³/mol. The molecule has 1 fully saturated rings. The van der Waals surface area contributed by atoms with Crippen LogP contribution in [-0.2, 0) is 16.0 Å². The lowest BCUT2D eigenvalue weighted by atomic mass is 9.80. The van der Waals surface area contributed by atoms with E-state index in [9.17, 15) is 14.0 Å². The summed E-state index contributed by atoms with van der Waals surface area (Å²) in [7, 11) is 0. The molecule has 2 amide bonds. The first-order valence-corrected chi connectivity index (χ1v) is 9.61. The Labute approximate surface area is 157 Å². The van der Waals surface area contributed by atoms with Crippen LogP contribution in [0, 0.1) is 11.7 Å². The Morgan fingerprint density at radius 2 is 2.04 bits per heavy atom. The Morgan fingerprint density at radius 3 is 2.77 bits per heavy atom. The minimum Gasteiger partial charge on any atom is -0.492 e. The SMILES string of the molecule is O=C(CCl)NCC1(NC(=O)C2COc3ccc(F)cc3C2)CCCCC1. The number of hydrogen-bond acceptors (Lipinski definition) is 3. The first kappa shape index (κ1) is 19.0. The van der Waals surface area contributed by atoms with Gasteiger partial charge < -0.3 is 15.4 Å². The standard InChI is InChI=1S/C19H24ClFN2O3/c20-10-17(24)22-12-19(6-2-1-3-7-19)23-18(25)14-8-13-9-15(21)4-5-16(13)26-11-14/h4-5,9,14H,1-3,6-8,10-12H2,(H,22,24)(H,23,25). The lowest BCUT2D eigenvalue weighted by Crippen LogP contribution is -2.58. The Balaban J connectivity index is 1.67. The van der Waals surface area contributed by atoms with E-state index in [-0.39, 0.29) is 36.0 Å². The quantitative estimate of drug-likeness (QED) is 0.769. The molecule has 0 aromatic heterocycles. The van der Waals surface area contributed by atoms with Crippen LogP contribution in [0.2, 0.25) is 0 Å². The first-order chi connectivity index (χ1) is 12.5. The smallest absolute Gasteiger partial charge is 0.235 e. The Bertz CT molecular complexity index is 677.